The standard InChI is InChI=1S/C23H19NO4/c25-19(14-4-2-1-3-5-14)13-28-18-10-8-17(9-11-18)24-22(26)20-15-6-7-16(12-15)21(20)23(24)27/h1-11,15-16,20-21H,12-13H2/t15-,16-,20+,21+/m0/s1. The van der Waals surface area contributed by atoms with E-state index in [0.717, 1.165) is 6.42 Å². The van der Waals surface area contributed by atoms with Crippen LogP contribution in [0.5, 0.6) is 5.75 Å². The number of anilines is 1. The molecule has 5 heteroatoms. The largest absolute Gasteiger partial charge is 0.485 e. The molecule has 4 atom stereocenters. The Labute approximate surface area is 162 Å². The van der Waals surface area contributed by atoms with Crippen molar-refractivity contribution in [3.05, 3.63) is 72.3 Å². The van der Waals surface area contributed by atoms with Gasteiger partial charge in [0.15, 0.2) is 12.4 Å². The van der Waals surface area contributed by atoms with Gasteiger partial charge in [-0.25, -0.2) is 0 Å². The summed E-state index contributed by atoms with van der Waals surface area (Å²) >= 11 is 0. The fourth-order valence-corrected chi connectivity index (χ4v) is 4.70. The first-order valence-electron chi connectivity index (χ1n) is 9.51. The summed E-state index contributed by atoms with van der Waals surface area (Å²) < 4.78 is 5.56. The van der Waals surface area contributed by atoms with Crippen LogP contribution in [0.15, 0.2) is 66.7 Å². The minimum Gasteiger partial charge on any atom is -0.485 e. The van der Waals surface area contributed by atoms with Crippen LogP contribution in [-0.4, -0.2) is 24.2 Å². The molecule has 0 spiro atoms. The summed E-state index contributed by atoms with van der Waals surface area (Å²) in [6, 6.07) is 15.8. The van der Waals surface area contributed by atoms with E-state index in [9.17, 15) is 14.4 Å². The third-order valence-corrected chi connectivity index (χ3v) is 6.03. The summed E-state index contributed by atoms with van der Waals surface area (Å²) in [5, 5.41) is 0. The van der Waals surface area contributed by atoms with E-state index in [1.165, 1.54) is 4.90 Å². The first-order valence-corrected chi connectivity index (χ1v) is 9.51. The molecule has 1 saturated heterocycles. The van der Waals surface area contributed by atoms with Gasteiger partial charge in [0.05, 0.1) is 17.5 Å². The van der Waals surface area contributed by atoms with E-state index < -0.39 is 0 Å². The third-order valence-electron chi connectivity index (χ3n) is 6.03. The van der Waals surface area contributed by atoms with Crippen molar-refractivity contribution in [3.63, 3.8) is 0 Å². The molecule has 28 heavy (non-hydrogen) atoms. The summed E-state index contributed by atoms with van der Waals surface area (Å²) in [5.74, 6) is 0.203. The molecule has 1 aliphatic heterocycles. The highest BCUT2D eigenvalue weighted by atomic mass is 16.5. The van der Waals surface area contributed by atoms with Crippen molar-refractivity contribution in [3.8, 4) is 5.75 Å². The molecule has 0 aromatic heterocycles. The monoisotopic (exact) mass is 373 g/mol. The van der Waals surface area contributed by atoms with E-state index in [2.05, 4.69) is 12.2 Å². The minimum absolute atomic E-state index is 0.0654. The van der Waals surface area contributed by atoms with Gasteiger partial charge in [-0.1, -0.05) is 42.5 Å². The number of ether oxygens (including phenoxy) is 1. The molecule has 5 rings (SSSR count). The normalized spacial score (nSPS) is 27.4. The number of nitrogens with zero attached hydrogens (tertiary/aromatic N) is 1. The maximum Gasteiger partial charge on any atom is 0.238 e. The molecule has 2 aromatic rings. The van der Waals surface area contributed by atoms with Crippen LogP contribution in [0.2, 0.25) is 0 Å². The number of fused-ring (bicyclic) bond motifs is 5. The van der Waals surface area contributed by atoms with Crippen molar-refractivity contribution in [1.29, 1.82) is 0 Å². The number of carbonyl (C=O) groups excluding carboxylic acids is 3. The van der Waals surface area contributed by atoms with Gasteiger partial charge in [0.25, 0.3) is 0 Å². The van der Waals surface area contributed by atoms with Crippen molar-refractivity contribution in [2.75, 3.05) is 11.5 Å². The van der Waals surface area contributed by atoms with Gasteiger partial charge in [-0.05, 0) is 42.5 Å². The van der Waals surface area contributed by atoms with E-state index in [1.54, 1.807) is 36.4 Å². The topological polar surface area (TPSA) is 63.7 Å². The zero-order valence-corrected chi connectivity index (χ0v) is 15.2. The third kappa shape index (κ3) is 2.58. The molecule has 3 aliphatic rings. The average Bonchev–Trinajstić information content (AvgIpc) is 3.41. The molecule has 5 nitrogen and oxygen atoms in total. The molecule has 2 bridgehead atoms. The molecule has 2 fully saturated rings. The Hall–Kier alpha value is -3.21. The number of carbonyl (C=O) groups is 3. The Morgan fingerprint density at radius 3 is 2.11 bits per heavy atom. The smallest absolute Gasteiger partial charge is 0.238 e. The van der Waals surface area contributed by atoms with E-state index in [1.807, 2.05) is 18.2 Å². The lowest BCUT2D eigenvalue weighted by Gasteiger charge is -2.17. The molecule has 1 saturated carbocycles. The van der Waals surface area contributed by atoms with Crippen LogP contribution < -0.4 is 9.64 Å². The quantitative estimate of drug-likeness (QED) is 0.458. The average molecular weight is 373 g/mol. The van der Waals surface area contributed by atoms with Gasteiger partial charge < -0.3 is 4.74 Å². The SMILES string of the molecule is O=C(COc1ccc(N2C(=O)[C@H]3[C@H](C2=O)[C@H]2C=C[C@H]3C2)cc1)c1ccccc1. The number of hydrogen-bond acceptors (Lipinski definition) is 4. The summed E-state index contributed by atoms with van der Waals surface area (Å²) in [5.41, 5.74) is 1.16. The molecule has 0 radical (unpaired) electrons. The zero-order valence-electron chi connectivity index (χ0n) is 15.2. The minimum atomic E-state index is -0.207. The first kappa shape index (κ1) is 16.9. The summed E-state index contributed by atoms with van der Waals surface area (Å²) in [4.78, 5) is 39.1. The van der Waals surface area contributed by atoms with Crippen molar-refractivity contribution in [2.24, 2.45) is 23.7 Å². The van der Waals surface area contributed by atoms with Crippen LogP contribution >= 0.6 is 0 Å². The maximum atomic E-state index is 12.8. The van der Waals surface area contributed by atoms with Crippen molar-refractivity contribution < 1.29 is 19.1 Å². The predicted octanol–water partition coefficient (Wildman–Crippen LogP) is 3.26. The maximum absolute atomic E-state index is 12.8. The highest BCUT2D eigenvalue weighted by molar-refractivity contribution is 6.22. The Balaban J connectivity index is 1.28. The number of imide groups is 1. The number of rotatable bonds is 5. The highest BCUT2D eigenvalue weighted by Gasteiger charge is 2.59. The Kier molecular flexibility index (Phi) is 3.90. The molecular formula is C23H19NO4. The second-order valence-corrected chi connectivity index (χ2v) is 7.58. The first-order chi connectivity index (χ1) is 13.6. The second kappa shape index (κ2) is 6.44. The van der Waals surface area contributed by atoms with E-state index in [4.69, 9.17) is 4.74 Å². The number of amides is 2. The summed E-state index contributed by atoms with van der Waals surface area (Å²) in [7, 11) is 0. The summed E-state index contributed by atoms with van der Waals surface area (Å²) in [6.45, 7) is -0.0654. The number of ketones is 1. The number of benzene rings is 2. The Morgan fingerprint density at radius 1 is 0.893 bits per heavy atom. The van der Waals surface area contributed by atoms with Crippen LogP contribution in [0, 0.1) is 23.7 Å². The molecule has 2 amide bonds. The molecule has 0 unspecified atom stereocenters. The van der Waals surface area contributed by atoms with E-state index in [0.29, 0.717) is 17.0 Å². The molecule has 2 aromatic carbocycles. The van der Waals surface area contributed by atoms with E-state index in [-0.39, 0.29) is 47.9 Å². The Morgan fingerprint density at radius 2 is 1.50 bits per heavy atom. The van der Waals surface area contributed by atoms with Crippen LogP contribution in [0.25, 0.3) is 0 Å². The molecule has 0 N–H and O–H groups in total. The molecule has 2 aliphatic carbocycles. The van der Waals surface area contributed by atoms with Crippen molar-refractivity contribution in [1.82, 2.24) is 0 Å². The van der Waals surface area contributed by atoms with E-state index >= 15 is 0 Å². The summed E-state index contributed by atoms with van der Waals surface area (Å²) in [6.07, 6.45) is 5.09. The predicted molar refractivity (Wildman–Crippen MR) is 103 cm³/mol. The molecule has 1 heterocycles. The Bertz CT molecular complexity index is 949. The van der Waals surface area contributed by atoms with Gasteiger partial charge in [0.1, 0.15) is 5.75 Å². The van der Waals surface area contributed by atoms with Crippen molar-refractivity contribution in [2.45, 2.75) is 6.42 Å². The van der Waals surface area contributed by atoms with Gasteiger partial charge in [-0.3, -0.25) is 19.3 Å². The lowest BCUT2D eigenvalue weighted by atomic mass is 9.85. The molecule has 140 valence electrons. The fourth-order valence-electron chi connectivity index (χ4n) is 4.70. The lowest BCUT2D eigenvalue weighted by molar-refractivity contribution is -0.123. The molecular weight excluding hydrogens is 354 g/mol. The van der Waals surface area contributed by atoms with Gasteiger partial charge in [0, 0.05) is 5.56 Å². The zero-order chi connectivity index (χ0) is 19.3. The van der Waals surface area contributed by atoms with Gasteiger partial charge in [0.2, 0.25) is 11.8 Å². The van der Waals surface area contributed by atoms with Crippen LogP contribution in [0.1, 0.15) is 16.8 Å². The fraction of sp³-hybridized carbons (Fsp3) is 0.261. The van der Waals surface area contributed by atoms with Gasteiger partial charge in [-0.15, -0.1) is 0 Å². The van der Waals surface area contributed by atoms with Crippen LogP contribution in [0.3, 0.4) is 0 Å². The van der Waals surface area contributed by atoms with Crippen molar-refractivity contribution >= 4 is 23.3 Å². The lowest BCUT2D eigenvalue weighted by Crippen LogP contribution is -2.32. The van der Waals surface area contributed by atoms with Gasteiger partial charge >= 0.3 is 0 Å². The van der Waals surface area contributed by atoms with Crippen LogP contribution in [-0.2, 0) is 9.59 Å². The number of allylic oxidation sites excluding steroid dienone is 2. The number of hydrogen-bond donors (Lipinski definition) is 0. The number of Topliss-reactive ketones (excluding diaryl/α,β-unsaturated/α-hetero) is 1. The second-order valence-electron chi connectivity index (χ2n) is 7.58. The highest BCUT2D eigenvalue weighted by Crippen LogP contribution is 2.53. The van der Waals surface area contributed by atoms with Gasteiger partial charge in [-0.2, -0.15) is 0 Å². The van der Waals surface area contributed by atoms with Crippen LogP contribution in [0.4, 0.5) is 5.69 Å².